The molecule has 0 saturated heterocycles. The van der Waals surface area contributed by atoms with Crippen LogP contribution in [0.5, 0.6) is 5.75 Å². The van der Waals surface area contributed by atoms with Crippen molar-refractivity contribution in [3.63, 3.8) is 0 Å². The summed E-state index contributed by atoms with van der Waals surface area (Å²) in [6.45, 7) is 3.41. The standard InChI is InChI=1S/C17H20F3N3O4S/c1-4-5-8-27-11-6-7-12-13(9-11)28-15(21-12)23-16(14(25)26-3,17(18,19)20)22-10(2)24/h6-7,9H,4-5,8H2,1-3H3,(H,21,23)(H,22,24)/t16-/m0/s1. The number of unbranched alkanes of at least 4 members (excludes halogenated alkanes) is 1. The van der Waals surface area contributed by atoms with Gasteiger partial charge < -0.3 is 20.1 Å². The number of halogens is 3. The van der Waals surface area contributed by atoms with Crippen molar-refractivity contribution in [1.82, 2.24) is 10.3 Å². The molecule has 1 amide bonds. The zero-order valence-corrected chi connectivity index (χ0v) is 16.3. The number of hydrogen-bond donors (Lipinski definition) is 2. The molecule has 0 aliphatic carbocycles. The number of rotatable bonds is 8. The normalized spacial score (nSPS) is 13.6. The number of thiazole rings is 1. The van der Waals surface area contributed by atoms with Gasteiger partial charge in [0, 0.05) is 6.92 Å². The summed E-state index contributed by atoms with van der Waals surface area (Å²) in [5, 5.41) is 3.41. The number of benzene rings is 1. The van der Waals surface area contributed by atoms with Crippen molar-refractivity contribution < 1.29 is 32.2 Å². The van der Waals surface area contributed by atoms with E-state index in [1.165, 1.54) is 0 Å². The fourth-order valence-electron chi connectivity index (χ4n) is 2.35. The molecule has 11 heteroatoms. The van der Waals surface area contributed by atoms with Crippen molar-refractivity contribution in [1.29, 1.82) is 0 Å². The summed E-state index contributed by atoms with van der Waals surface area (Å²) in [4.78, 5) is 27.4. The molecule has 0 radical (unpaired) electrons. The topological polar surface area (TPSA) is 89.5 Å². The molecule has 7 nitrogen and oxygen atoms in total. The average Bonchev–Trinajstić information content (AvgIpc) is 3.00. The van der Waals surface area contributed by atoms with Crippen molar-refractivity contribution in [2.45, 2.75) is 38.5 Å². The Kier molecular flexibility index (Phi) is 6.70. The second kappa shape index (κ2) is 8.63. The average molecular weight is 419 g/mol. The number of carbonyl (C=O) groups excluding carboxylic acids is 2. The Balaban J connectivity index is 2.39. The third-order valence-electron chi connectivity index (χ3n) is 3.70. The van der Waals surface area contributed by atoms with Crippen LogP contribution in [0.15, 0.2) is 18.2 Å². The van der Waals surface area contributed by atoms with Gasteiger partial charge in [0.25, 0.3) is 0 Å². The molecule has 2 aromatic rings. The van der Waals surface area contributed by atoms with Gasteiger partial charge in [0.15, 0.2) is 5.13 Å². The van der Waals surface area contributed by atoms with Crippen LogP contribution in [0.4, 0.5) is 18.3 Å². The summed E-state index contributed by atoms with van der Waals surface area (Å²) in [5.74, 6) is -2.21. The smallest absolute Gasteiger partial charge is 0.442 e. The number of anilines is 1. The molecule has 1 atom stereocenters. The second-order valence-electron chi connectivity index (χ2n) is 5.90. The van der Waals surface area contributed by atoms with E-state index in [0.717, 1.165) is 38.2 Å². The van der Waals surface area contributed by atoms with Crippen LogP contribution in [0, 0.1) is 0 Å². The Morgan fingerprint density at radius 1 is 1.29 bits per heavy atom. The summed E-state index contributed by atoms with van der Waals surface area (Å²) in [5.41, 5.74) is -3.04. The first-order chi connectivity index (χ1) is 13.1. The number of nitrogens with one attached hydrogen (secondary N) is 2. The summed E-state index contributed by atoms with van der Waals surface area (Å²) in [6.07, 6.45) is -3.34. The van der Waals surface area contributed by atoms with Gasteiger partial charge in [-0.25, -0.2) is 9.78 Å². The van der Waals surface area contributed by atoms with E-state index >= 15 is 0 Å². The first-order valence-electron chi connectivity index (χ1n) is 8.38. The molecule has 0 aliphatic rings. The molecule has 0 aliphatic heterocycles. The first kappa shape index (κ1) is 21.7. The minimum atomic E-state index is -5.18. The maximum absolute atomic E-state index is 13.7. The molecule has 28 heavy (non-hydrogen) atoms. The number of carbonyl (C=O) groups is 2. The maximum atomic E-state index is 13.7. The Bertz CT molecular complexity index is 856. The van der Waals surface area contributed by atoms with Crippen LogP contribution < -0.4 is 15.4 Å². The highest BCUT2D eigenvalue weighted by atomic mass is 32.1. The second-order valence-corrected chi connectivity index (χ2v) is 6.93. The summed E-state index contributed by atoms with van der Waals surface area (Å²) in [7, 11) is 0.796. The van der Waals surface area contributed by atoms with E-state index in [2.05, 4.69) is 9.72 Å². The van der Waals surface area contributed by atoms with E-state index in [-0.39, 0.29) is 5.13 Å². The largest absolute Gasteiger partial charge is 0.494 e. The SMILES string of the molecule is CCCCOc1ccc2nc(N[C@@](NC(C)=O)(C(=O)OC)C(F)(F)F)sc2c1. The number of nitrogens with zero attached hydrogens (tertiary/aromatic N) is 1. The van der Waals surface area contributed by atoms with Gasteiger partial charge in [-0.1, -0.05) is 24.7 Å². The quantitative estimate of drug-likeness (QED) is 0.387. The molecule has 1 heterocycles. The lowest BCUT2D eigenvalue weighted by atomic mass is 10.1. The van der Waals surface area contributed by atoms with Gasteiger partial charge >= 0.3 is 17.8 Å². The maximum Gasteiger partial charge on any atom is 0.442 e. The fraction of sp³-hybridized carbons (Fsp3) is 0.471. The monoisotopic (exact) mass is 419 g/mol. The van der Waals surface area contributed by atoms with Gasteiger partial charge in [0.1, 0.15) is 5.75 Å². The fourth-order valence-corrected chi connectivity index (χ4v) is 3.30. The molecule has 2 N–H and O–H groups in total. The van der Waals surface area contributed by atoms with Gasteiger partial charge in [-0.2, -0.15) is 13.2 Å². The highest BCUT2D eigenvalue weighted by Crippen LogP contribution is 2.36. The van der Waals surface area contributed by atoms with Gasteiger partial charge in [-0.3, -0.25) is 4.79 Å². The molecular formula is C17H20F3N3O4S. The predicted molar refractivity (Wildman–Crippen MR) is 98.3 cm³/mol. The number of hydrogen-bond acceptors (Lipinski definition) is 7. The summed E-state index contributed by atoms with van der Waals surface area (Å²) in [6, 6.07) is 4.91. The van der Waals surface area contributed by atoms with Crippen LogP contribution in [0.2, 0.25) is 0 Å². The van der Waals surface area contributed by atoms with Crippen LogP contribution in [-0.4, -0.2) is 42.4 Å². The van der Waals surface area contributed by atoms with Crippen molar-refractivity contribution >= 4 is 38.6 Å². The highest BCUT2D eigenvalue weighted by molar-refractivity contribution is 7.22. The Morgan fingerprint density at radius 3 is 2.57 bits per heavy atom. The van der Waals surface area contributed by atoms with Crippen LogP contribution in [0.1, 0.15) is 26.7 Å². The lowest BCUT2D eigenvalue weighted by molar-refractivity contribution is -0.206. The Hall–Kier alpha value is -2.56. The first-order valence-corrected chi connectivity index (χ1v) is 9.20. The summed E-state index contributed by atoms with van der Waals surface area (Å²) < 4.78 is 51.6. The molecule has 0 unspecified atom stereocenters. The van der Waals surface area contributed by atoms with Crippen LogP contribution in [0.25, 0.3) is 10.2 Å². The van der Waals surface area contributed by atoms with Crippen LogP contribution in [0.3, 0.4) is 0 Å². The van der Waals surface area contributed by atoms with Gasteiger partial charge in [-0.15, -0.1) is 0 Å². The number of methoxy groups -OCH3 is 1. The molecule has 0 bridgehead atoms. The zero-order valence-electron chi connectivity index (χ0n) is 15.5. The highest BCUT2D eigenvalue weighted by Gasteiger charge is 2.63. The van der Waals surface area contributed by atoms with Crippen molar-refractivity contribution in [3.8, 4) is 5.75 Å². The molecule has 1 aromatic heterocycles. The van der Waals surface area contributed by atoms with Gasteiger partial charge in [0.05, 0.1) is 23.9 Å². The van der Waals surface area contributed by atoms with Gasteiger partial charge in [0.2, 0.25) is 5.91 Å². The van der Waals surface area contributed by atoms with Crippen LogP contribution in [-0.2, 0) is 14.3 Å². The van der Waals surface area contributed by atoms with Crippen LogP contribution >= 0.6 is 11.3 Å². The minimum absolute atomic E-state index is 0.211. The third-order valence-corrected chi connectivity index (χ3v) is 4.63. The van der Waals surface area contributed by atoms with E-state index in [9.17, 15) is 22.8 Å². The summed E-state index contributed by atoms with van der Waals surface area (Å²) >= 11 is 0.887. The Labute approximate surface area is 163 Å². The van der Waals surface area contributed by atoms with E-state index in [1.54, 1.807) is 23.5 Å². The van der Waals surface area contributed by atoms with Crippen molar-refractivity contribution in [2.24, 2.45) is 0 Å². The Morgan fingerprint density at radius 2 is 2.00 bits per heavy atom. The molecule has 0 saturated carbocycles. The van der Waals surface area contributed by atoms with Crippen molar-refractivity contribution in [2.75, 3.05) is 19.0 Å². The molecule has 154 valence electrons. The number of fused-ring (bicyclic) bond motifs is 1. The molecule has 2 rings (SSSR count). The number of ether oxygens (including phenoxy) is 2. The number of esters is 1. The number of aromatic nitrogens is 1. The van der Waals surface area contributed by atoms with E-state index in [0.29, 0.717) is 22.6 Å². The third kappa shape index (κ3) is 4.64. The van der Waals surface area contributed by atoms with Crippen molar-refractivity contribution in [3.05, 3.63) is 18.2 Å². The van der Waals surface area contributed by atoms with E-state index in [4.69, 9.17) is 4.74 Å². The number of amides is 1. The lowest BCUT2D eigenvalue weighted by Crippen LogP contribution is -2.69. The molecule has 0 spiro atoms. The minimum Gasteiger partial charge on any atom is -0.494 e. The molecule has 1 aromatic carbocycles. The number of alkyl halides is 3. The molecule has 0 fully saturated rings. The van der Waals surface area contributed by atoms with E-state index in [1.807, 2.05) is 12.2 Å². The zero-order chi connectivity index (χ0) is 20.9. The van der Waals surface area contributed by atoms with E-state index < -0.39 is 23.7 Å². The molecular weight excluding hydrogens is 399 g/mol. The lowest BCUT2D eigenvalue weighted by Gasteiger charge is -2.33. The van der Waals surface area contributed by atoms with Gasteiger partial charge in [-0.05, 0) is 24.6 Å². The predicted octanol–water partition coefficient (Wildman–Crippen LogP) is 3.45.